The van der Waals surface area contributed by atoms with Crippen LogP contribution in [0.5, 0.6) is 0 Å². The zero-order chi connectivity index (χ0) is 23.0. The Bertz CT molecular complexity index is 1100. The highest BCUT2D eigenvalue weighted by atomic mass is 16.2. The fourth-order valence-electron chi connectivity index (χ4n) is 4.38. The van der Waals surface area contributed by atoms with Crippen LogP contribution in [0.15, 0.2) is 70.7 Å². The summed E-state index contributed by atoms with van der Waals surface area (Å²) < 4.78 is 0. The molecule has 0 spiro atoms. The van der Waals surface area contributed by atoms with E-state index in [0.29, 0.717) is 19.3 Å². The first-order chi connectivity index (χ1) is 16.1. The SMILES string of the molecule is O=C(CCCC(=O)Nc1cccc(CC2=NCC(=O)C3=C2CCCC3)c1)Nc1ccccc1. The van der Waals surface area contributed by atoms with E-state index in [2.05, 4.69) is 15.6 Å². The van der Waals surface area contributed by atoms with E-state index >= 15 is 0 Å². The molecule has 2 aliphatic rings. The molecule has 0 unspecified atom stereocenters. The summed E-state index contributed by atoms with van der Waals surface area (Å²) in [6.07, 6.45) is 5.68. The maximum Gasteiger partial charge on any atom is 0.224 e. The summed E-state index contributed by atoms with van der Waals surface area (Å²) in [5.74, 6) is -0.0384. The maximum atomic E-state index is 12.4. The lowest BCUT2D eigenvalue weighted by atomic mass is 9.83. The number of anilines is 2. The summed E-state index contributed by atoms with van der Waals surface area (Å²) in [5.41, 5.74) is 5.67. The molecule has 1 aliphatic carbocycles. The van der Waals surface area contributed by atoms with E-state index in [9.17, 15) is 14.4 Å². The van der Waals surface area contributed by atoms with Crippen molar-refractivity contribution in [3.63, 3.8) is 0 Å². The standard InChI is InChI=1S/C27H29N3O3/c31-25-18-28-24(22-12-4-5-13-23(22)25)17-19-8-6-11-21(16-19)30-27(33)15-7-14-26(32)29-20-9-2-1-3-10-20/h1-3,6,8-11,16H,4-5,7,12-15,17-18H2,(H,29,32)(H,30,33). The monoisotopic (exact) mass is 443 g/mol. The summed E-state index contributed by atoms with van der Waals surface area (Å²) in [5, 5.41) is 5.76. The Morgan fingerprint density at radius 2 is 1.48 bits per heavy atom. The number of rotatable bonds is 8. The van der Waals surface area contributed by atoms with Gasteiger partial charge in [0.15, 0.2) is 5.78 Å². The van der Waals surface area contributed by atoms with E-state index in [1.165, 1.54) is 0 Å². The molecular formula is C27H29N3O3. The Labute approximate surface area is 194 Å². The second-order valence-electron chi connectivity index (χ2n) is 8.54. The van der Waals surface area contributed by atoms with Crippen LogP contribution in [-0.4, -0.2) is 29.9 Å². The largest absolute Gasteiger partial charge is 0.326 e. The van der Waals surface area contributed by atoms with Gasteiger partial charge in [0.2, 0.25) is 11.8 Å². The molecule has 0 radical (unpaired) electrons. The van der Waals surface area contributed by atoms with Crippen LogP contribution in [0.3, 0.4) is 0 Å². The van der Waals surface area contributed by atoms with Crippen LogP contribution in [0.2, 0.25) is 0 Å². The summed E-state index contributed by atoms with van der Waals surface area (Å²) in [4.78, 5) is 41.1. The van der Waals surface area contributed by atoms with Gasteiger partial charge in [0.05, 0.1) is 0 Å². The Morgan fingerprint density at radius 1 is 0.818 bits per heavy atom. The van der Waals surface area contributed by atoms with Crippen molar-refractivity contribution in [3.8, 4) is 0 Å². The number of carbonyl (C=O) groups is 3. The minimum Gasteiger partial charge on any atom is -0.326 e. The third kappa shape index (κ3) is 6.25. The predicted octanol–water partition coefficient (Wildman–Crippen LogP) is 4.87. The van der Waals surface area contributed by atoms with Gasteiger partial charge in [0, 0.05) is 41.9 Å². The van der Waals surface area contributed by atoms with Crippen molar-refractivity contribution in [2.75, 3.05) is 17.2 Å². The number of benzene rings is 2. The lowest BCUT2D eigenvalue weighted by Gasteiger charge is -2.24. The third-order valence-corrected chi connectivity index (χ3v) is 6.01. The molecule has 33 heavy (non-hydrogen) atoms. The van der Waals surface area contributed by atoms with Crippen LogP contribution in [0.1, 0.15) is 50.5 Å². The van der Waals surface area contributed by atoms with E-state index in [0.717, 1.165) is 59.5 Å². The minimum atomic E-state index is -0.113. The van der Waals surface area contributed by atoms with Gasteiger partial charge in [-0.15, -0.1) is 0 Å². The van der Waals surface area contributed by atoms with Crippen molar-refractivity contribution >= 4 is 34.7 Å². The normalized spacial score (nSPS) is 15.5. The van der Waals surface area contributed by atoms with Crippen molar-refractivity contribution in [3.05, 3.63) is 71.3 Å². The van der Waals surface area contributed by atoms with E-state index in [1.807, 2.05) is 54.6 Å². The molecule has 1 heterocycles. The first-order valence-electron chi connectivity index (χ1n) is 11.6. The molecule has 0 saturated carbocycles. The Kier molecular flexibility index (Phi) is 7.45. The zero-order valence-electron chi connectivity index (χ0n) is 18.7. The number of aliphatic imine (C=N–C) groups is 1. The molecule has 2 aromatic carbocycles. The molecule has 0 aromatic heterocycles. The van der Waals surface area contributed by atoms with E-state index in [4.69, 9.17) is 0 Å². The van der Waals surface area contributed by atoms with Crippen LogP contribution in [-0.2, 0) is 20.8 Å². The Hall–Kier alpha value is -3.54. The van der Waals surface area contributed by atoms with Crippen LogP contribution in [0.4, 0.5) is 11.4 Å². The Balaban J connectivity index is 1.27. The number of amides is 2. The molecule has 0 fully saturated rings. The quantitative estimate of drug-likeness (QED) is 0.610. The number of Topliss-reactive ketones (excluding diaryl/α,β-unsaturated/α-hetero) is 1. The summed E-state index contributed by atoms with van der Waals surface area (Å²) in [6.45, 7) is 0.252. The van der Waals surface area contributed by atoms with Crippen molar-refractivity contribution in [2.45, 2.75) is 51.4 Å². The number of ketones is 1. The van der Waals surface area contributed by atoms with E-state index in [-0.39, 0.29) is 30.6 Å². The molecule has 0 saturated heterocycles. The molecule has 1 aliphatic heterocycles. The van der Waals surface area contributed by atoms with Crippen LogP contribution >= 0.6 is 0 Å². The third-order valence-electron chi connectivity index (χ3n) is 6.01. The first-order valence-corrected chi connectivity index (χ1v) is 11.6. The fraction of sp³-hybridized carbons (Fsp3) is 0.333. The zero-order valence-corrected chi connectivity index (χ0v) is 18.7. The van der Waals surface area contributed by atoms with Crippen molar-refractivity contribution in [2.24, 2.45) is 4.99 Å². The molecular weight excluding hydrogens is 414 g/mol. The van der Waals surface area contributed by atoms with Gasteiger partial charge in [-0.1, -0.05) is 30.3 Å². The molecule has 0 atom stereocenters. The van der Waals surface area contributed by atoms with Gasteiger partial charge in [0.25, 0.3) is 0 Å². The number of dihydropyridines is 1. The maximum absolute atomic E-state index is 12.4. The summed E-state index contributed by atoms with van der Waals surface area (Å²) in [7, 11) is 0. The van der Waals surface area contributed by atoms with Gasteiger partial charge in [-0.05, 0) is 67.5 Å². The average molecular weight is 444 g/mol. The van der Waals surface area contributed by atoms with Crippen molar-refractivity contribution < 1.29 is 14.4 Å². The summed E-state index contributed by atoms with van der Waals surface area (Å²) >= 11 is 0. The van der Waals surface area contributed by atoms with E-state index < -0.39 is 0 Å². The minimum absolute atomic E-state index is 0.0980. The van der Waals surface area contributed by atoms with Crippen LogP contribution in [0.25, 0.3) is 0 Å². The predicted molar refractivity (Wildman–Crippen MR) is 131 cm³/mol. The molecule has 170 valence electrons. The number of nitrogens with one attached hydrogen (secondary N) is 2. The topological polar surface area (TPSA) is 87.6 Å². The van der Waals surface area contributed by atoms with Crippen molar-refractivity contribution in [1.29, 1.82) is 0 Å². The lowest BCUT2D eigenvalue weighted by molar-refractivity contribution is -0.117. The fourth-order valence-corrected chi connectivity index (χ4v) is 4.38. The molecule has 4 rings (SSSR count). The van der Waals surface area contributed by atoms with Crippen LogP contribution in [0, 0.1) is 0 Å². The number of carbonyl (C=O) groups excluding carboxylic acids is 3. The molecule has 2 aromatic rings. The molecule has 0 bridgehead atoms. The average Bonchev–Trinajstić information content (AvgIpc) is 2.82. The summed E-state index contributed by atoms with van der Waals surface area (Å²) in [6, 6.07) is 17.0. The van der Waals surface area contributed by atoms with Gasteiger partial charge in [-0.3, -0.25) is 19.4 Å². The van der Waals surface area contributed by atoms with Crippen LogP contribution < -0.4 is 10.6 Å². The van der Waals surface area contributed by atoms with Gasteiger partial charge < -0.3 is 10.6 Å². The number of hydrogen-bond donors (Lipinski definition) is 2. The second kappa shape index (κ2) is 10.9. The first kappa shape index (κ1) is 22.6. The second-order valence-corrected chi connectivity index (χ2v) is 8.54. The smallest absolute Gasteiger partial charge is 0.224 e. The molecule has 6 nitrogen and oxygen atoms in total. The number of para-hydroxylation sites is 1. The lowest BCUT2D eigenvalue weighted by Crippen LogP contribution is -2.24. The number of nitrogens with zero attached hydrogens (tertiary/aromatic N) is 1. The molecule has 2 N–H and O–H groups in total. The van der Waals surface area contributed by atoms with Crippen molar-refractivity contribution in [1.82, 2.24) is 0 Å². The highest BCUT2D eigenvalue weighted by Crippen LogP contribution is 2.30. The van der Waals surface area contributed by atoms with Gasteiger partial charge >= 0.3 is 0 Å². The number of allylic oxidation sites excluding steroid dienone is 1. The molecule has 2 amide bonds. The number of hydrogen-bond acceptors (Lipinski definition) is 4. The van der Waals surface area contributed by atoms with Gasteiger partial charge in [-0.25, -0.2) is 0 Å². The molecule has 6 heteroatoms. The highest BCUT2D eigenvalue weighted by Gasteiger charge is 2.25. The van der Waals surface area contributed by atoms with E-state index in [1.54, 1.807) is 0 Å². The highest BCUT2D eigenvalue weighted by molar-refractivity contribution is 6.14. The Morgan fingerprint density at radius 3 is 2.24 bits per heavy atom. The van der Waals surface area contributed by atoms with Gasteiger partial charge in [-0.2, -0.15) is 0 Å². The van der Waals surface area contributed by atoms with Gasteiger partial charge in [0.1, 0.15) is 6.54 Å².